The predicted molar refractivity (Wildman–Crippen MR) is 68.7 cm³/mol. The van der Waals surface area contributed by atoms with Gasteiger partial charge < -0.3 is 10.8 Å². The molecule has 0 spiro atoms. The molecule has 1 aliphatic heterocycles. The van der Waals surface area contributed by atoms with Crippen molar-refractivity contribution in [1.82, 2.24) is 14.8 Å². The van der Waals surface area contributed by atoms with Crippen molar-refractivity contribution in [2.75, 3.05) is 0 Å². The molecule has 3 N–H and O–H groups in total. The van der Waals surface area contributed by atoms with Gasteiger partial charge in [0, 0.05) is 24.6 Å². The third-order valence-electron chi connectivity index (χ3n) is 3.27. The first kappa shape index (κ1) is 11.9. The molecule has 0 radical (unpaired) electrons. The number of nitrogens with two attached hydrogens (primary N) is 1. The molecule has 1 atom stereocenters. The summed E-state index contributed by atoms with van der Waals surface area (Å²) in [6, 6.07) is 6.79. The van der Waals surface area contributed by atoms with Crippen LogP contribution in [-0.4, -0.2) is 31.9 Å². The molecule has 2 heterocycles. The van der Waals surface area contributed by atoms with Gasteiger partial charge in [0.25, 0.3) is 0 Å². The molecule has 0 amide bonds. The number of carboxylic acid groups (broad SMARTS) is 1. The third kappa shape index (κ3) is 2.22. The van der Waals surface area contributed by atoms with E-state index in [2.05, 4.69) is 10.1 Å². The second-order valence-electron chi connectivity index (χ2n) is 4.71. The lowest BCUT2D eigenvalue weighted by molar-refractivity contribution is 0.0697. The van der Waals surface area contributed by atoms with E-state index >= 15 is 0 Å². The highest BCUT2D eigenvalue weighted by Crippen LogP contribution is 2.20. The molecule has 1 aromatic carbocycles. The minimum Gasteiger partial charge on any atom is -0.478 e. The van der Waals surface area contributed by atoms with Crippen LogP contribution in [0.3, 0.4) is 0 Å². The Bertz CT molecular complexity index is 635. The van der Waals surface area contributed by atoms with Crippen molar-refractivity contribution in [3.05, 3.63) is 35.7 Å². The Balaban J connectivity index is 1.99. The van der Waals surface area contributed by atoms with Crippen LogP contribution in [0.15, 0.2) is 24.3 Å². The van der Waals surface area contributed by atoms with Gasteiger partial charge in [0.15, 0.2) is 5.82 Å². The summed E-state index contributed by atoms with van der Waals surface area (Å²) in [5, 5.41) is 13.4. The molecule has 0 bridgehead atoms. The van der Waals surface area contributed by atoms with Crippen molar-refractivity contribution in [2.24, 2.45) is 5.73 Å². The van der Waals surface area contributed by atoms with E-state index in [0.717, 1.165) is 24.4 Å². The Morgan fingerprint density at radius 2 is 2.32 bits per heavy atom. The van der Waals surface area contributed by atoms with Crippen LogP contribution in [0.2, 0.25) is 0 Å². The largest absolute Gasteiger partial charge is 0.478 e. The Labute approximate surface area is 109 Å². The molecule has 6 heteroatoms. The van der Waals surface area contributed by atoms with Crippen molar-refractivity contribution >= 4 is 5.97 Å². The number of benzene rings is 1. The molecule has 1 unspecified atom stereocenters. The highest BCUT2D eigenvalue weighted by Gasteiger charge is 2.19. The molecule has 2 aromatic rings. The van der Waals surface area contributed by atoms with Gasteiger partial charge in [-0.05, 0) is 18.6 Å². The fraction of sp³-hybridized carbons (Fsp3) is 0.308. The average molecular weight is 258 g/mol. The topological polar surface area (TPSA) is 94.0 Å². The lowest BCUT2D eigenvalue weighted by atomic mass is 10.1. The van der Waals surface area contributed by atoms with Gasteiger partial charge in [-0.25, -0.2) is 14.5 Å². The third-order valence-corrected chi connectivity index (χ3v) is 3.27. The van der Waals surface area contributed by atoms with Crippen molar-refractivity contribution in [2.45, 2.75) is 25.4 Å². The first-order valence-electron chi connectivity index (χ1n) is 6.16. The van der Waals surface area contributed by atoms with E-state index in [4.69, 9.17) is 10.8 Å². The molecular formula is C13H14N4O2. The van der Waals surface area contributed by atoms with Gasteiger partial charge in [-0.2, -0.15) is 5.10 Å². The van der Waals surface area contributed by atoms with Gasteiger partial charge in [0.2, 0.25) is 0 Å². The van der Waals surface area contributed by atoms with Crippen LogP contribution in [0.5, 0.6) is 0 Å². The number of hydrogen-bond acceptors (Lipinski definition) is 4. The monoisotopic (exact) mass is 258 g/mol. The second-order valence-corrected chi connectivity index (χ2v) is 4.71. The number of carbonyl (C=O) groups is 1. The van der Waals surface area contributed by atoms with Crippen molar-refractivity contribution in [3.63, 3.8) is 0 Å². The van der Waals surface area contributed by atoms with Crippen molar-refractivity contribution in [1.29, 1.82) is 0 Å². The highest BCUT2D eigenvalue weighted by atomic mass is 16.4. The van der Waals surface area contributed by atoms with E-state index in [1.54, 1.807) is 18.2 Å². The Kier molecular flexibility index (Phi) is 2.79. The highest BCUT2D eigenvalue weighted by molar-refractivity contribution is 5.89. The fourth-order valence-corrected chi connectivity index (χ4v) is 2.24. The molecule has 1 aliphatic rings. The average Bonchev–Trinajstić information content (AvgIpc) is 2.81. The van der Waals surface area contributed by atoms with Crippen LogP contribution in [-0.2, 0) is 13.0 Å². The molecule has 19 heavy (non-hydrogen) atoms. The molecule has 3 rings (SSSR count). The predicted octanol–water partition coefficient (Wildman–Crippen LogP) is 0.917. The van der Waals surface area contributed by atoms with E-state index in [-0.39, 0.29) is 11.6 Å². The first-order chi connectivity index (χ1) is 9.13. The standard InChI is InChI=1S/C13H14N4O2/c14-10-4-5-17-11(7-10)15-12(16-17)8-2-1-3-9(6-8)13(18)19/h1-3,6,10H,4-5,7,14H2,(H,18,19). The number of nitrogens with zero attached hydrogens (tertiary/aromatic N) is 3. The van der Waals surface area contributed by atoms with Gasteiger partial charge in [-0.1, -0.05) is 12.1 Å². The number of fused-ring (bicyclic) bond motifs is 1. The number of rotatable bonds is 2. The van der Waals surface area contributed by atoms with Crippen LogP contribution < -0.4 is 5.73 Å². The van der Waals surface area contributed by atoms with Gasteiger partial charge in [-0.3, -0.25) is 0 Å². The zero-order valence-corrected chi connectivity index (χ0v) is 10.3. The van der Waals surface area contributed by atoms with Crippen molar-refractivity contribution in [3.8, 4) is 11.4 Å². The minimum absolute atomic E-state index is 0.134. The normalized spacial score (nSPS) is 18.1. The number of aryl methyl sites for hydroxylation is 1. The molecule has 98 valence electrons. The fourth-order valence-electron chi connectivity index (χ4n) is 2.24. The van der Waals surface area contributed by atoms with Gasteiger partial charge >= 0.3 is 5.97 Å². The lowest BCUT2D eigenvalue weighted by Gasteiger charge is -2.17. The molecular weight excluding hydrogens is 244 g/mol. The van der Waals surface area contributed by atoms with E-state index in [9.17, 15) is 4.79 Å². The summed E-state index contributed by atoms with van der Waals surface area (Å²) in [7, 11) is 0. The molecule has 6 nitrogen and oxygen atoms in total. The summed E-state index contributed by atoms with van der Waals surface area (Å²) in [5.41, 5.74) is 6.86. The molecule has 0 saturated heterocycles. The lowest BCUT2D eigenvalue weighted by Crippen LogP contribution is -2.31. The first-order valence-corrected chi connectivity index (χ1v) is 6.16. The van der Waals surface area contributed by atoms with E-state index in [0.29, 0.717) is 12.2 Å². The quantitative estimate of drug-likeness (QED) is 0.835. The maximum Gasteiger partial charge on any atom is 0.335 e. The minimum atomic E-state index is -0.951. The van der Waals surface area contributed by atoms with Crippen LogP contribution in [0.1, 0.15) is 22.6 Å². The Morgan fingerprint density at radius 3 is 3.11 bits per heavy atom. The summed E-state index contributed by atoms with van der Waals surface area (Å²) < 4.78 is 1.85. The second kappa shape index (κ2) is 4.47. The maximum atomic E-state index is 11.0. The van der Waals surface area contributed by atoms with Crippen molar-refractivity contribution < 1.29 is 9.90 Å². The van der Waals surface area contributed by atoms with Gasteiger partial charge in [-0.15, -0.1) is 0 Å². The smallest absolute Gasteiger partial charge is 0.335 e. The SMILES string of the molecule is NC1CCn2nc(-c3cccc(C(=O)O)c3)nc2C1. The number of aromatic carboxylic acids is 1. The van der Waals surface area contributed by atoms with Gasteiger partial charge in [0.1, 0.15) is 5.82 Å². The van der Waals surface area contributed by atoms with E-state index in [1.165, 1.54) is 0 Å². The zero-order chi connectivity index (χ0) is 13.4. The van der Waals surface area contributed by atoms with Crippen LogP contribution in [0, 0.1) is 0 Å². The number of carboxylic acids is 1. The van der Waals surface area contributed by atoms with E-state index < -0.39 is 5.97 Å². The molecule has 0 fully saturated rings. The number of hydrogen-bond donors (Lipinski definition) is 2. The van der Waals surface area contributed by atoms with Crippen LogP contribution >= 0.6 is 0 Å². The maximum absolute atomic E-state index is 11.0. The molecule has 0 aliphatic carbocycles. The van der Waals surface area contributed by atoms with Crippen LogP contribution in [0.4, 0.5) is 0 Å². The van der Waals surface area contributed by atoms with E-state index in [1.807, 2.05) is 10.7 Å². The Hall–Kier alpha value is -2.21. The molecule has 0 saturated carbocycles. The zero-order valence-electron chi connectivity index (χ0n) is 10.3. The van der Waals surface area contributed by atoms with Gasteiger partial charge in [0.05, 0.1) is 5.56 Å². The summed E-state index contributed by atoms with van der Waals surface area (Å²) in [4.78, 5) is 15.4. The summed E-state index contributed by atoms with van der Waals surface area (Å²) in [6.45, 7) is 0.766. The summed E-state index contributed by atoms with van der Waals surface area (Å²) >= 11 is 0. The van der Waals surface area contributed by atoms with Crippen LogP contribution in [0.25, 0.3) is 11.4 Å². The molecule has 1 aromatic heterocycles. The summed E-state index contributed by atoms with van der Waals surface area (Å²) in [6.07, 6.45) is 1.61. The summed E-state index contributed by atoms with van der Waals surface area (Å²) in [5.74, 6) is 0.481. The number of aromatic nitrogens is 3. The Morgan fingerprint density at radius 1 is 1.47 bits per heavy atom.